The van der Waals surface area contributed by atoms with Crippen LogP contribution in [0.3, 0.4) is 0 Å². The smallest absolute Gasteiger partial charge is 0.260 e. The quantitative estimate of drug-likeness (QED) is 0.342. The molecular formula is C27H25Cl2N3O4S. The lowest BCUT2D eigenvalue weighted by Crippen LogP contribution is -2.47. The minimum Gasteiger partial charge on any atom is -0.497 e. The predicted molar refractivity (Wildman–Crippen MR) is 148 cm³/mol. The van der Waals surface area contributed by atoms with Crippen molar-refractivity contribution in [2.45, 2.75) is 11.5 Å². The number of ether oxygens (including phenoxy) is 2. The molecule has 0 aromatic heterocycles. The molecule has 0 fully saturated rings. The standard InChI is InChI=1S/C27H25Cl2N3O4S/c1-31(26(34)15-30-25(33)13-12-18-6-3-7-19(14-18)35-2)32-17-37-24-11-5-10-23(27(24)32)36-16-20-21(28)8-4-9-22(20)29/h3-14H,15-17H2,1-2H3,(H,30,33). The Hall–Kier alpha value is -3.33. The second-order valence-electron chi connectivity index (χ2n) is 8.01. The maximum Gasteiger partial charge on any atom is 0.260 e. The Bertz CT molecular complexity index is 1310. The summed E-state index contributed by atoms with van der Waals surface area (Å²) in [5, 5.41) is 7.00. The van der Waals surface area contributed by atoms with Crippen LogP contribution in [0, 0.1) is 0 Å². The highest BCUT2D eigenvalue weighted by Gasteiger charge is 2.29. The van der Waals surface area contributed by atoms with Crippen molar-refractivity contribution in [2.75, 3.05) is 31.6 Å². The van der Waals surface area contributed by atoms with Crippen molar-refractivity contribution in [3.8, 4) is 11.5 Å². The summed E-state index contributed by atoms with van der Waals surface area (Å²) in [7, 11) is 3.25. The molecule has 37 heavy (non-hydrogen) atoms. The average molecular weight is 558 g/mol. The number of benzene rings is 3. The minimum atomic E-state index is -0.374. The number of fused-ring (bicyclic) bond motifs is 1. The van der Waals surface area contributed by atoms with Gasteiger partial charge >= 0.3 is 0 Å². The Morgan fingerprint density at radius 3 is 2.59 bits per heavy atom. The van der Waals surface area contributed by atoms with Crippen molar-refractivity contribution in [1.29, 1.82) is 0 Å². The van der Waals surface area contributed by atoms with E-state index >= 15 is 0 Å². The lowest BCUT2D eigenvalue weighted by Gasteiger charge is -2.30. The molecule has 3 aromatic carbocycles. The number of methoxy groups -OCH3 is 1. The number of thioether (sulfide) groups is 1. The van der Waals surface area contributed by atoms with Gasteiger partial charge in [0.25, 0.3) is 5.91 Å². The molecule has 3 aromatic rings. The van der Waals surface area contributed by atoms with Crippen molar-refractivity contribution >= 4 is 58.5 Å². The van der Waals surface area contributed by atoms with E-state index in [2.05, 4.69) is 5.32 Å². The molecule has 1 aliphatic rings. The van der Waals surface area contributed by atoms with Gasteiger partial charge in [-0.25, -0.2) is 0 Å². The molecule has 0 saturated heterocycles. The van der Waals surface area contributed by atoms with E-state index in [1.165, 1.54) is 11.1 Å². The van der Waals surface area contributed by atoms with Crippen LogP contribution >= 0.6 is 35.0 Å². The van der Waals surface area contributed by atoms with E-state index in [0.29, 0.717) is 33.0 Å². The number of halogens is 2. The first-order chi connectivity index (χ1) is 17.9. The SMILES string of the molecule is COc1cccc(C=CC(=O)NCC(=O)N(C)N2CSc3cccc(OCc4c(Cl)cccc4Cl)c32)c1. The summed E-state index contributed by atoms with van der Waals surface area (Å²) in [6, 6.07) is 18.3. The molecule has 0 atom stereocenters. The van der Waals surface area contributed by atoms with E-state index in [0.717, 1.165) is 16.1 Å². The molecule has 0 saturated carbocycles. The molecule has 7 nitrogen and oxygen atoms in total. The number of hydrazine groups is 1. The van der Waals surface area contributed by atoms with Crippen LogP contribution in [0.1, 0.15) is 11.1 Å². The molecule has 0 bridgehead atoms. The number of amides is 2. The van der Waals surface area contributed by atoms with Crippen LogP contribution in [0.5, 0.6) is 11.5 Å². The molecule has 0 spiro atoms. The Morgan fingerprint density at radius 2 is 1.84 bits per heavy atom. The number of carbonyl (C=O) groups excluding carboxylic acids is 2. The van der Waals surface area contributed by atoms with Crippen molar-refractivity contribution in [1.82, 2.24) is 10.3 Å². The zero-order valence-electron chi connectivity index (χ0n) is 20.2. The van der Waals surface area contributed by atoms with Gasteiger partial charge in [0.15, 0.2) is 0 Å². The van der Waals surface area contributed by atoms with Gasteiger partial charge in [-0.3, -0.25) is 19.6 Å². The summed E-state index contributed by atoms with van der Waals surface area (Å²) in [4.78, 5) is 26.2. The van der Waals surface area contributed by atoms with Gasteiger partial charge in [0.1, 0.15) is 23.8 Å². The van der Waals surface area contributed by atoms with Crippen LogP contribution in [0.15, 0.2) is 71.6 Å². The van der Waals surface area contributed by atoms with E-state index in [1.807, 2.05) is 47.5 Å². The van der Waals surface area contributed by atoms with Gasteiger partial charge < -0.3 is 14.8 Å². The first-order valence-electron chi connectivity index (χ1n) is 11.3. The summed E-state index contributed by atoms with van der Waals surface area (Å²) in [6.07, 6.45) is 3.04. The normalized spacial score (nSPS) is 12.4. The third-order valence-electron chi connectivity index (χ3n) is 5.65. The molecule has 0 radical (unpaired) electrons. The van der Waals surface area contributed by atoms with Crippen molar-refractivity contribution in [3.63, 3.8) is 0 Å². The van der Waals surface area contributed by atoms with Gasteiger partial charge in [0.05, 0.1) is 19.5 Å². The maximum atomic E-state index is 12.9. The molecule has 192 valence electrons. The number of likely N-dealkylation sites (N-methyl/N-ethyl adjacent to an activating group) is 1. The number of anilines is 1. The van der Waals surface area contributed by atoms with E-state index in [-0.39, 0.29) is 25.0 Å². The molecule has 1 aliphatic heterocycles. The van der Waals surface area contributed by atoms with Gasteiger partial charge in [-0.05, 0) is 48.0 Å². The second-order valence-corrected chi connectivity index (χ2v) is 9.81. The van der Waals surface area contributed by atoms with E-state index in [9.17, 15) is 9.59 Å². The Kier molecular flexibility index (Phi) is 8.87. The minimum absolute atomic E-state index is 0.160. The number of nitrogens with zero attached hydrogens (tertiary/aromatic N) is 2. The van der Waals surface area contributed by atoms with Gasteiger partial charge in [-0.1, -0.05) is 59.2 Å². The van der Waals surface area contributed by atoms with Crippen LogP contribution in [0.25, 0.3) is 6.08 Å². The predicted octanol–water partition coefficient (Wildman–Crippen LogP) is 5.65. The number of hydrogen-bond acceptors (Lipinski definition) is 6. The van der Waals surface area contributed by atoms with Gasteiger partial charge in [0.2, 0.25) is 5.91 Å². The summed E-state index contributed by atoms with van der Waals surface area (Å²) in [5.41, 5.74) is 2.28. The number of nitrogens with one attached hydrogen (secondary N) is 1. The van der Waals surface area contributed by atoms with Crippen molar-refractivity contribution < 1.29 is 19.1 Å². The Morgan fingerprint density at radius 1 is 1.11 bits per heavy atom. The topological polar surface area (TPSA) is 71.1 Å². The zero-order valence-corrected chi connectivity index (χ0v) is 22.6. The molecule has 2 amide bonds. The highest BCUT2D eigenvalue weighted by Crippen LogP contribution is 2.45. The molecule has 0 unspecified atom stereocenters. The molecule has 1 N–H and O–H groups in total. The number of para-hydroxylation sites is 1. The fourth-order valence-corrected chi connectivity index (χ4v) is 5.22. The van der Waals surface area contributed by atoms with E-state index in [1.54, 1.807) is 50.2 Å². The van der Waals surface area contributed by atoms with Gasteiger partial charge in [0, 0.05) is 33.6 Å². The maximum absolute atomic E-state index is 12.9. The summed E-state index contributed by atoms with van der Waals surface area (Å²) in [6.45, 7) is 0.0212. The fraction of sp³-hybridized carbons (Fsp3) is 0.185. The Balaban J connectivity index is 1.39. The highest BCUT2D eigenvalue weighted by molar-refractivity contribution is 7.99. The zero-order chi connectivity index (χ0) is 26.4. The van der Waals surface area contributed by atoms with Gasteiger partial charge in [-0.2, -0.15) is 0 Å². The van der Waals surface area contributed by atoms with Crippen molar-refractivity contribution in [3.05, 3.63) is 87.9 Å². The highest BCUT2D eigenvalue weighted by atomic mass is 35.5. The van der Waals surface area contributed by atoms with E-state index < -0.39 is 0 Å². The van der Waals surface area contributed by atoms with E-state index in [4.69, 9.17) is 32.7 Å². The number of rotatable bonds is 9. The fourth-order valence-electron chi connectivity index (χ4n) is 3.63. The van der Waals surface area contributed by atoms with Gasteiger partial charge in [-0.15, -0.1) is 0 Å². The average Bonchev–Trinajstić information content (AvgIpc) is 3.35. The summed E-state index contributed by atoms with van der Waals surface area (Å²) >= 11 is 14.2. The van der Waals surface area contributed by atoms with Crippen LogP contribution < -0.4 is 19.8 Å². The molecule has 1 heterocycles. The lowest BCUT2D eigenvalue weighted by atomic mass is 10.2. The van der Waals surface area contributed by atoms with Crippen LogP contribution in [0.4, 0.5) is 5.69 Å². The molecule has 0 aliphatic carbocycles. The number of hydrogen-bond donors (Lipinski definition) is 1. The second kappa shape index (κ2) is 12.3. The number of carbonyl (C=O) groups is 2. The first-order valence-corrected chi connectivity index (χ1v) is 13.1. The molecule has 4 rings (SSSR count). The largest absolute Gasteiger partial charge is 0.497 e. The third kappa shape index (κ3) is 6.52. The lowest BCUT2D eigenvalue weighted by molar-refractivity contribution is -0.131. The van der Waals surface area contributed by atoms with Crippen LogP contribution in [-0.4, -0.2) is 43.4 Å². The van der Waals surface area contributed by atoms with Crippen molar-refractivity contribution in [2.24, 2.45) is 0 Å². The van der Waals surface area contributed by atoms with Crippen LogP contribution in [0.2, 0.25) is 10.0 Å². The monoisotopic (exact) mass is 557 g/mol. The first kappa shape index (κ1) is 26.7. The summed E-state index contributed by atoms with van der Waals surface area (Å²) in [5.74, 6) is 1.17. The summed E-state index contributed by atoms with van der Waals surface area (Å²) < 4.78 is 11.3. The molecular weight excluding hydrogens is 533 g/mol. The van der Waals surface area contributed by atoms with Crippen LogP contribution in [-0.2, 0) is 16.2 Å². The molecule has 10 heteroatoms. The Labute approximate surface area is 229 Å². The third-order valence-corrected chi connectivity index (χ3v) is 7.38.